The van der Waals surface area contributed by atoms with E-state index in [1.807, 2.05) is 28.7 Å². The number of furan rings is 1. The molecule has 1 aromatic carbocycles. The van der Waals surface area contributed by atoms with Gasteiger partial charge in [0.15, 0.2) is 3.77 Å². The van der Waals surface area contributed by atoms with Gasteiger partial charge < -0.3 is 9.73 Å². The van der Waals surface area contributed by atoms with Crippen LogP contribution in [0.4, 0.5) is 5.69 Å². The highest BCUT2D eigenvalue weighted by Gasteiger charge is 2.12. The number of nitriles is 1. The van der Waals surface area contributed by atoms with Crippen molar-refractivity contribution in [1.29, 1.82) is 5.26 Å². The fourth-order valence-electron chi connectivity index (χ4n) is 1.48. The molecule has 1 heterocycles. The Kier molecular flexibility index (Phi) is 5.28. The minimum absolute atomic E-state index is 0.0910. The number of nitrogens with one attached hydrogen (secondary N) is 1. The van der Waals surface area contributed by atoms with E-state index in [0.717, 1.165) is 0 Å². The maximum absolute atomic E-state index is 12.1. The minimum Gasteiger partial charge on any atom is -0.451 e. The van der Waals surface area contributed by atoms with Crippen LogP contribution in [0.15, 0.2) is 40.3 Å². The summed E-state index contributed by atoms with van der Waals surface area (Å²) >= 11 is 13.7. The summed E-state index contributed by atoms with van der Waals surface area (Å²) < 4.78 is 5.96. The zero-order valence-corrected chi connectivity index (χ0v) is 14.0. The molecule has 1 amide bonds. The second kappa shape index (κ2) is 6.98. The first-order chi connectivity index (χ1) is 9.99. The van der Waals surface area contributed by atoms with Crippen LogP contribution in [0.1, 0.15) is 5.76 Å². The molecule has 0 fully saturated rings. The van der Waals surface area contributed by atoms with Crippen molar-refractivity contribution in [2.45, 2.75) is 0 Å². The number of carbonyl (C=O) groups excluding carboxylic acids is 1. The van der Waals surface area contributed by atoms with Gasteiger partial charge in [-0.05, 0) is 52.9 Å². The molecule has 0 aliphatic carbocycles. The molecule has 0 spiro atoms. The lowest BCUT2D eigenvalue weighted by atomic mass is 10.2. The first-order valence-electron chi connectivity index (χ1n) is 5.63. The third-order valence-corrected chi connectivity index (χ3v) is 3.55. The second-order valence-corrected chi connectivity index (χ2v) is 5.80. The van der Waals surface area contributed by atoms with Crippen molar-refractivity contribution in [2.24, 2.45) is 0 Å². The molecular formula is C14H7Cl2IN2O2. The average Bonchev–Trinajstić information content (AvgIpc) is 2.84. The number of nitrogens with zero attached hydrogens (tertiary/aromatic N) is 1. The highest BCUT2D eigenvalue weighted by molar-refractivity contribution is 14.1. The molecule has 1 aromatic heterocycles. The zero-order valence-electron chi connectivity index (χ0n) is 10.4. The lowest BCUT2D eigenvalue weighted by molar-refractivity contribution is -0.112. The summed E-state index contributed by atoms with van der Waals surface area (Å²) in [5, 5.41) is 12.4. The lowest BCUT2D eigenvalue weighted by Crippen LogP contribution is -2.13. The van der Waals surface area contributed by atoms with Gasteiger partial charge in [-0.3, -0.25) is 4.79 Å². The van der Waals surface area contributed by atoms with Gasteiger partial charge in [-0.15, -0.1) is 0 Å². The molecule has 4 nitrogen and oxygen atoms in total. The summed E-state index contributed by atoms with van der Waals surface area (Å²) in [6, 6.07) is 9.89. The Morgan fingerprint density at radius 2 is 2.10 bits per heavy atom. The van der Waals surface area contributed by atoms with Crippen molar-refractivity contribution in [2.75, 3.05) is 5.32 Å². The Bertz CT molecular complexity index is 763. The van der Waals surface area contributed by atoms with E-state index in [4.69, 9.17) is 32.9 Å². The van der Waals surface area contributed by atoms with E-state index in [2.05, 4.69) is 5.32 Å². The molecule has 0 saturated carbocycles. The van der Waals surface area contributed by atoms with E-state index in [9.17, 15) is 4.79 Å². The third-order valence-electron chi connectivity index (χ3n) is 2.42. The van der Waals surface area contributed by atoms with E-state index in [-0.39, 0.29) is 5.57 Å². The molecular weight excluding hydrogens is 426 g/mol. The Hall–Kier alpha value is -1.49. The predicted octanol–water partition coefficient (Wildman–Crippen LogP) is 4.74. The first kappa shape index (κ1) is 15.9. The Morgan fingerprint density at radius 3 is 2.67 bits per heavy atom. The van der Waals surface area contributed by atoms with Crippen LogP contribution in [0.25, 0.3) is 6.08 Å². The van der Waals surface area contributed by atoms with Crippen LogP contribution in [0.3, 0.4) is 0 Å². The van der Waals surface area contributed by atoms with Gasteiger partial charge >= 0.3 is 0 Å². The van der Waals surface area contributed by atoms with Crippen molar-refractivity contribution in [3.8, 4) is 6.07 Å². The van der Waals surface area contributed by atoms with Crippen LogP contribution in [0.2, 0.25) is 10.0 Å². The number of anilines is 1. The lowest BCUT2D eigenvalue weighted by Gasteiger charge is -2.06. The van der Waals surface area contributed by atoms with Gasteiger partial charge in [0.2, 0.25) is 0 Å². The molecule has 0 aliphatic rings. The summed E-state index contributed by atoms with van der Waals surface area (Å²) in [6.45, 7) is 0. The monoisotopic (exact) mass is 432 g/mol. The van der Waals surface area contributed by atoms with Crippen molar-refractivity contribution < 1.29 is 9.21 Å². The van der Waals surface area contributed by atoms with Gasteiger partial charge in [0.05, 0.1) is 10.7 Å². The van der Waals surface area contributed by atoms with E-state index in [1.165, 1.54) is 12.1 Å². The predicted molar refractivity (Wildman–Crippen MR) is 90.1 cm³/mol. The van der Waals surface area contributed by atoms with E-state index >= 15 is 0 Å². The number of hydrogen-bond donors (Lipinski definition) is 1. The molecule has 0 bridgehead atoms. The highest BCUT2D eigenvalue weighted by atomic mass is 127. The molecule has 2 aromatic rings. The quantitative estimate of drug-likeness (QED) is 0.433. The molecule has 0 unspecified atom stereocenters. The van der Waals surface area contributed by atoms with Crippen LogP contribution in [0.5, 0.6) is 0 Å². The van der Waals surface area contributed by atoms with Crippen LogP contribution >= 0.6 is 45.8 Å². The van der Waals surface area contributed by atoms with E-state index in [0.29, 0.717) is 25.3 Å². The molecule has 106 valence electrons. The van der Waals surface area contributed by atoms with Crippen molar-refractivity contribution >= 4 is 63.5 Å². The number of rotatable bonds is 3. The molecule has 0 atom stereocenters. The van der Waals surface area contributed by atoms with Crippen LogP contribution < -0.4 is 5.32 Å². The van der Waals surface area contributed by atoms with E-state index in [1.54, 1.807) is 24.3 Å². The van der Waals surface area contributed by atoms with Crippen molar-refractivity contribution in [3.05, 3.63) is 55.5 Å². The second-order valence-electron chi connectivity index (χ2n) is 3.89. The van der Waals surface area contributed by atoms with Crippen molar-refractivity contribution in [1.82, 2.24) is 0 Å². The molecule has 7 heteroatoms. The van der Waals surface area contributed by atoms with Gasteiger partial charge in [-0.2, -0.15) is 5.26 Å². The largest absolute Gasteiger partial charge is 0.451 e. The van der Waals surface area contributed by atoms with Gasteiger partial charge in [-0.1, -0.05) is 23.2 Å². The molecule has 2 rings (SSSR count). The summed E-state index contributed by atoms with van der Waals surface area (Å²) in [7, 11) is 0. The number of carbonyl (C=O) groups is 1. The summed E-state index contributed by atoms with van der Waals surface area (Å²) in [6.07, 6.45) is 1.36. The normalized spacial score (nSPS) is 11.0. The molecule has 1 N–H and O–H groups in total. The summed E-state index contributed by atoms with van der Waals surface area (Å²) in [5.41, 5.74) is 0.285. The number of benzene rings is 1. The minimum atomic E-state index is -0.576. The Balaban J connectivity index is 2.21. The standard InChI is InChI=1S/C14H7Cl2IN2O2/c15-9-1-3-12(11(16)6-9)19-14(20)8(7-18)5-10-2-4-13(17)21-10/h1-6H,(H,19,20)/b8-5-. The fourth-order valence-corrected chi connectivity index (χ4v) is 2.37. The smallest absolute Gasteiger partial charge is 0.266 e. The van der Waals surface area contributed by atoms with Crippen LogP contribution in [-0.2, 0) is 4.79 Å². The maximum Gasteiger partial charge on any atom is 0.266 e. The summed E-state index contributed by atoms with van der Waals surface area (Å²) in [4.78, 5) is 12.1. The van der Waals surface area contributed by atoms with E-state index < -0.39 is 5.91 Å². The fraction of sp³-hybridized carbons (Fsp3) is 0. The van der Waals surface area contributed by atoms with Gasteiger partial charge in [-0.25, -0.2) is 0 Å². The maximum atomic E-state index is 12.1. The number of amides is 1. The van der Waals surface area contributed by atoms with Gasteiger partial charge in [0.1, 0.15) is 17.4 Å². The summed E-state index contributed by atoms with van der Waals surface area (Å²) in [5.74, 6) is -0.151. The van der Waals surface area contributed by atoms with Crippen LogP contribution in [-0.4, -0.2) is 5.91 Å². The number of hydrogen-bond acceptors (Lipinski definition) is 3. The van der Waals surface area contributed by atoms with Gasteiger partial charge in [0, 0.05) is 11.1 Å². The topological polar surface area (TPSA) is 66.0 Å². The first-order valence-corrected chi connectivity index (χ1v) is 7.46. The third kappa shape index (κ3) is 4.24. The average molecular weight is 433 g/mol. The highest BCUT2D eigenvalue weighted by Crippen LogP contribution is 2.26. The van der Waals surface area contributed by atoms with Gasteiger partial charge in [0.25, 0.3) is 5.91 Å². The van der Waals surface area contributed by atoms with Crippen molar-refractivity contribution in [3.63, 3.8) is 0 Å². The molecule has 0 saturated heterocycles. The SMILES string of the molecule is N#C/C(=C/c1ccc(I)o1)C(=O)Nc1ccc(Cl)cc1Cl. The number of halogens is 3. The Labute approximate surface area is 144 Å². The molecule has 0 radical (unpaired) electrons. The molecule has 0 aliphatic heterocycles. The van der Waals surface area contributed by atoms with Crippen LogP contribution in [0, 0.1) is 15.1 Å². The molecule has 21 heavy (non-hydrogen) atoms. The zero-order chi connectivity index (χ0) is 15.4. The Morgan fingerprint density at radius 1 is 1.33 bits per heavy atom.